The third kappa shape index (κ3) is 5.45. The standard InChI is InChI=1S/C16H21FN4O2S/c1-11(22)21-8-2-3-13(10-21)15(23)19-20-16(24)18-9-12-4-6-14(17)7-5-12/h4-7,13H,2-3,8-10H2,1H3,(H,19,23)(H2,18,20,24)/t13-/m0/s1. The lowest BCUT2D eigenvalue weighted by molar-refractivity contribution is -0.134. The SMILES string of the molecule is CC(=O)N1CCC[C@H](C(=O)NNC(=S)NCc2ccc(F)cc2)C1. The van der Waals surface area contributed by atoms with Gasteiger partial charge in [0.2, 0.25) is 11.8 Å². The molecule has 1 aromatic carbocycles. The van der Waals surface area contributed by atoms with E-state index in [0.717, 1.165) is 18.4 Å². The number of halogens is 1. The fraction of sp³-hybridized carbons (Fsp3) is 0.438. The van der Waals surface area contributed by atoms with E-state index in [1.165, 1.54) is 19.1 Å². The predicted molar refractivity (Wildman–Crippen MR) is 92.1 cm³/mol. The summed E-state index contributed by atoms with van der Waals surface area (Å²) in [6.07, 6.45) is 1.55. The van der Waals surface area contributed by atoms with Crippen LogP contribution in [0.2, 0.25) is 0 Å². The van der Waals surface area contributed by atoms with Crippen LogP contribution in [-0.4, -0.2) is 34.9 Å². The van der Waals surface area contributed by atoms with Crippen molar-refractivity contribution in [3.8, 4) is 0 Å². The third-order valence-corrected chi connectivity index (χ3v) is 4.15. The van der Waals surface area contributed by atoms with Crippen LogP contribution in [0.5, 0.6) is 0 Å². The van der Waals surface area contributed by atoms with Gasteiger partial charge in [0.25, 0.3) is 0 Å². The van der Waals surface area contributed by atoms with Crippen LogP contribution in [0, 0.1) is 11.7 Å². The third-order valence-electron chi connectivity index (χ3n) is 3.90. The van der Waals surface area contributed by atoms with Crippen molar-refractivity contribution in [3.05, 3.63) is 35.6 Å². The molecule has 2 amide bonds. The molecular weight excluding hydrogens is 331 g/mol. The lowest BCUT2D eigenvalue weighted by Gasteiger charge is -2.31. The quantitative estimate of drug-likeness (QED) is 0.561. The number of amides is 2. The molecule has 6 nitrogen and oxygen atoms in total. The summed E-state index contributed by atoms with van der Waals surface area (Å²) in [6.45, 7) is 3.05. The van der Waals surface area contributed by atoms with Crippen molar-refractivity contribution in [2.24, 2.45) is 5.92 Å². The number of hydrogen-bond donors (Lipinski definition) is 3. The first-order valence-corrected chi connectivity index (χ1v) is 8.20. The number of hydrogen-bond acceptors (Lipinski definition) is 3. The van der Waals surface area contributed by atoms with Crippen molar-refractivity contribution in [1.29, 1.82) is 0 Å². The number of carbonyl (C=O) groups excluding carboxylic acids is 2. The molecule has 1 aliphatic rings. The van der Waals surface area contributed by atoms with Crippen LogP contribution in [0.3, 0.4) is 0 Å². The van der Waals surface area contributed by atoms with Crippen molar-refractivity contribution in [1.82, 2.24) is 21.1 Å². The van der Waals surface area contributed by atoms with E-state index in [4.69, 9.17) is 12.2 Å². The number of nitrogens with zero attached hydrogens (tertiary/aromatic N) is 1. The van der Waals surface area contributed by atoms with E-state index in [9.17, 15) is 14.0 Å². The van der Waals surface area contributed by atoms with Crippen LogP contribution in [-0.2, 0) is 16.1 Å². The van der Waals surface area contributed by atoms with Crippen LogP contribution in [0.1, 0.15) is 25.3 Å². The number of hydrazine groups is 1. The first-order valence-electron chi connectivity index (χ1n) is 7.79. The van der Waals surface area contributed by atoms with Gasteiger partial charge in [-0.25, -0.2) is 4.39 Å². The molecule has 0 unspecified atom stereocenters. The van der Waals surface area contributed by atoms with Gasteiger partial charge in [-0.05, 0) is 42.8 Å². The minimum Gasteiger partial charge on any atom is -0.357 e. The second-order valence-electron chi connectivity index (χ2n) is 5.73. The first-order chi connectivity index (χ1) is 11.5. The summed E-state index contributed by atoms with van der Waals surface area (Å²) in [7, 11) is 0. The van der Waals surface area contributed by atoms with Crippen molar-refractivity contribution in [2.45, 2.75) is 26.3 Å². The molecule has 0 spiro atoms. The van der Waals surface area contributed by atoms with Crippen LogP contribution >= 0.6 is 12.2 Å². The summed E-state index contributed by atoms with van der Waals surface area (Å²) in [5.74, 6) is -0.738. The van der Waals surface area contributed by atoms with Gasteiger partial charge in [-0.15, -0.1) is 0 Å². The van der Waals surface area contributed by atoms with E-state index in [-0.39, 0.29) is 28.7 Å². The van der Waals surface area contributed by atoms with Gasteiger partial charge in [-0.2, -0.15) is 0 Å². The Hall–Kier alpha value is -2.22. The molecule has 1 saturated heterocycles. The molecule has 0 saturated carbocycles. The molecule has 130 valence electrons. The fourth-order valence-electron chi connectivity index (χ4n) is 2.53. The highest BCUT2D eigenvalue weighted by Crippen LogP contribution is 2.16. The Labute approximate surface area is 145 Å². The molecule has 24 heavy (non-hydrogen) atoms. The average molecular weight is 352 g/mol. The molecule has 2 rings (SSSR count). The van der Waals surface area contributed by atoms with Gasteiger partial charge in [0.15, 0.2) is 5.11 Å². The number of thiocarbonyl (C=S) groups is 1. The van der Waals surface area contributed by atoms with Crippen molar-refractivity contribution in [2.75, 3.05) is 13.1 Å². The van der Waals surface area contributed by atoms with Gasteiger partial charge in [-0.1, -0.05) is 12.1 Å². The van der Waals surface area contributed by atoms with E-state index < -0.39 is 0 Å². The Kier molecular flexibility index (Phi) is 6.48. The Bertz CT molecular complexity index is 609. The van der Waals surface area contributed by atoms with Gasteiger partial charge in [0, 0.05) is 26.6 Å². The fourth-order valence-corrected chi connectivity index (χ4v) is 2.65. The minimum absolute atomic E-state index is 0.0167. The number of piperidine rings is 1. The van der Waals surface area contributed by atoms with Gasteiger partial charge < -0.3 is 10.2 Å². The zero-order valence-corrected chi connectivity index (χ0v) is 14.3. The maximum Gasteiger partial charge on any atom is 0.243 e. The Morgan fingerprint density at radius 1 is 1.29 bits per heavy atom. The zero-order valence-electron chi connectivity index (χ0n) is 13.5. The summed E-state index contributed by atoms with van der Waals surface area (Å²) in [5, 5.41) is 3.19. The molecule has 1 fully saturated rings. The highest BCUT2D eigenvalue weighted by atomic mass is 32.1. The molecule has 1 heterocycles. The highest BCUT2D eigenvalue weighted by Gasteiger charge is 2.26. The van der Waals surface area contributed by atoms with E-state index in [2.05, 4.69) is 16.2 Å². The zero-order chi connectivity index (χ0) is 17.5. The predicted octanol–water partition coefficient (Wildman–Crippen LogP) is 1.08. The first kappa shape index (κ1) is 18.1. The van der Waals surface area contributed by atoms with Crippen LogP contribution in [0.15, 0.2) is 24.3 Å². The summed E-state index contributed by atoms with van der Waals surface area (Å²) in [5.41, 5.74) is 6.09. The molecule has 0 aromatic heterocycles. The van der Waals surface area contributed by atoms with Crippen LogP contribution < -0.4 is 16.2 Å². The monoisotopic (exact) mass is 352 g/mol. The average Bonchev–Trinajstić information content (AvgIpc) is 2.59. The second kappa shape index (κ2) is 8.58. The van der Waals surface area contributed by atoms with E-state index in [1.807, 2.05) is 0 Å². The summed E-state index contributed by atoms with van der Waals surface area (Å²) < 4.78 is 12.8. The number of likely N-dealkylation sites (tertiary alicyclic amines) is 1. The number of benzene rings is 1. The molecule has 0 radical (unpaired) electrons. The van der Waals surface area contributed by atoms with Gasteiger partial charge in [0.05, 0.1) is 5.92 Å². The molecule has 0 bridgehead atoms. The van der Waals surface area contributed by atoms with Crippen molar-refractivity contribution in [3.63, 3.8) is 0 Å². The number of carbonyl (C=O) groups is 2. The summed E-state index contributed by atoms with van der Waals surface area (Å²) in [4.78, 5) is 25.2. The maximum absolute atomic E-state index is 12.8. The minimum atomic E-state index is -0.293. The molecule has 0 aliphatic carbocycles. The van der Waals surface area contributed by atoms with Gasteiger partial charge in [-0.3, -0.25) is 20.4 Å². The summed E-state index contributed by atoms with van der Waals surface area (Å²) >= 11 is 5.09. The lowest BCUT2D eigenvalue weighted by atomic mass is 9.97. The van der Waals surface area contributed by atoms with Crippen LogP contribution in [0.4, 0.5) is 4.39 Å². The van der Waals surface area contributed by atoms with E-state index in [0.29, 0.717) is 19.6 Å². The second-order valence-corrected chi connectivity index (χ2v) is 6.14. The smallest absolute Gasteiger partial charge is 0.243 e. The van der Waals surface area contributed by atoms with Crippen molar-refractivity contribution < 1.29 is 14.0 Å². The van der Waals surface area contributed by atoms with Gasteiger partial charge in [0.1, 0.15) is 5.82 Å². The van der Waals surface area contributed by atoms with E-state index in [1.54, 1.807) is 17.0 Å². The largest absolute Gasteiger partial charge is 0.357 e. The number of nitrogens with one attached hydrogen (secondary N) is 3. The molecule has 3 N–H and O–H groups in total. The Balaban J connectivity index is 1.71. The maximum atomic E-state index is 12.8. The van der Waals surface area contributed by atoms with Gasteiger partial charge >= 0.3 is 0 Å². The molecule has 1 atom stereocenters. The number of rotatable bonds is 3. The van der Waals surface area contributed by atoms with E-state index >= 15 is 0 Å². The lowest BCUT2D eigenvalue weighted by Crippen LogP contribution is -2.51. The summed E-state index contributed by atoms with van der Waals surface area (Å²) in [6, 6.07) is 6.06. The Morgan fingerprint density at radius 2 is 2.00 bits per heavy atom. The highest BCUT2D eigenvalue weighted by molar-refractivity contribution is 7.80. The normalized spacial score (nSPS) is 17.1. The molecular formula is C16H21FN4O2S. The van der Waals surface area contributed by atoms with Crippen LogP contribution in [0.25, 0.3) is 0 Å². The molecule has 1 aliphatic heterocycles. The van der Waals surface area contributed by atoms with Crippen molar-refractivity contribution >= 4 is 29.1 Å². The Morgan fingerprint density at radius 3 is 2.67 bits per heavy atom. The topological polar surface area (TPSA) is 73.5 Å². The molecule has 1 aromatic rings. The molecule has 8 heteroatoms.